The van der Waals surface area contributed by atoms with Gasteiger partial charge in [0.1, 0.15) is 13.2 Å². The van der Waals surface area contributed by atoms with Crippen molar-refractivity contribution in [2.75, 3.05) is 13.2 Å². The average Bonchev–Trinajstić information content (AvgIpc) is 3.44. The van der Waals surface area contributed by atoms with E-state index < -0.39 is 6.10 Å². The lowest BCUT2D eigenvalue weighted by molar-refractivity contribution is -0.167. The van der Waals surface area contributed by atoms with Gasteiger partial charge in [-0.15, -0.1) is 0 Å². The molecule has 0 radical (unpaired) electrons. The van der Waals surface area contributed by atoms with Crippen LogP contribution in [0, 0.1) is 0 Å². The van der Waals surface area contributed by atoms with Gasteiger partial charge in [-0.05, 0) is 103 Å². The van der Waals surface area contributed by atoms with E-state index in [1.54, 1.807) is 0 Å². The van der Waals surface area contributed by atoms with E-state index >= 15 is 0 Å². The topological polar surface area (TPSA) is 78.9 Å². The molecule has 456 valence electrons. The van der Waals surface area contributed by atoms with Crippen LogP contribution in [0.25, 0.3) is 0 Å². The van der Waals surface area contributed by atoms with Crippen molar-refractivity contribution in [3.63, 3.8) is 0 Å². The van der Waals surface area contributed by atoms with Crippen LogP contribution in [0.15, 0.2) is 48.6 Å². The number of allylic oxidation sites excluding steroid dienone is 8. The van der Waals surface area contributed by atoms with Gasteiger partial charge in [0.2, 0.25) is 0 Å². The van der Waals surface area contributed by atoms with Gasteiger partial charge in [-0.3, -0.25) is 14.4 Å². The third-order valence-corrected chi connectivity index (χ3v) is 15.5. The van der Waals surface area contributed by atoms with E-state index in [0.29, 0.717) is 19.3 Å². The number of hydrogen-bond donors (Lipinski definition) is 0. The predicted octanol–water partition coefficient (Wildman–Crippen LogP) is 23.7. The van der Waals surface area contributed by atoms with E-state index in [2.05, 4.69) is 69.4 Å². The standard InChI is InChI=1S/C72H132O6/c1-4-7-10-13-16-19-22-25-28-31-34-35-36-37-39-41-44-47-50-53-56-59-62-65-71(74)77-68-69(67-76-70(73)64-61-58-55-52-49-46-43-40-33-30-27-24-21-18-15-12-9-6-3)78-72(75)66-63-60-57-54-51-48-45-42-38-32-29-26-23-20-17-14-11-8-5-2/h17,20,26,29-31,33-34,69H,4-16,18-19,21-25,27-28,32,35-68H2,1-3H3/b20-17-,29-26-,33-30-,34-31-. The molecule has 0 aromatic carbocycles. The molecule has 0 saturated carbocycles. The molecule has 0 saturated heterocycles. The zero-order valence-corrected chi connectivity index (χ0v) is 52.5. The van der Waals surface area contributed by atoms with Crippen LogP contribution in [0.2, 0.25) is 0 Å². The van der Waals surface area contributed by atoms with Crippen molar-refractivity contribution in [2.24, 2.45) is 0 Å². The molecular formula is C72H132O6. The molecular weight excluding hydrogens is 961 g/mol. The van der Waals surface area contributed by atoms with E-state index in [0.717, 1.165) is 64.2 Å². The summed E-state index contributed by atoms with van der Waals surface area (Å²) >= 11 is 0. The quantitative estimate of drug-likeness (QED) is 0.0261. The van der Waals surface area contributed by atoms with Crippen LogP contribution in [0.4, 0.5) is 0 Å². The maximum Gasteiger partial charge on any atom is 0.306 e. The Labute approximate surface area is 486 Å². The van der Waals surface area contributed by atoms with Crippen LogP contribution in [0.3, 0.4) is 0 Å². The predicted molar refractivity (Wildman–Crippen MR) is 339 cm³/mol. The molecule has 0 fully saturated rings. The first-order valence-electron chi connectivity index (χ1n) is 34.6. The normalized spacial score (nSPS) is 12.3. The van der Waals surface area contributed by atoms with Gasteiger partial charge >= 0.3 is 17.9 Å². The maximum absolute atomic E-state index is 12.9. The Morgan fingerprint density at radius 3 is 0.744 bits per heavy atom. The van der Waals surface area contributed by atoms with Crippen molar-refractivity contribution in [1.29, 1.82) is 0 Å². The van der Waals surface area contributed by atoms with Crippen molar-refractivity contribution >= 4 is 17.9 Å². The first kappa shape index (κ1) is 75.4. The molecule has 0 heterocycles. The molecule has 0 spiro atoms. The fourth-order valence-corrected chi connectivity index (χ4v) is 10.3. The zero-order valence-electron chi connectivity index (χ0n) is 52.5. The Kier molecular flexibility index (Phi) is 64.6. The SMILES string of the molecule is CCCCC/C=C\C/C=C\CCCCCCCCCCCC(=O)OC(COC(=O)CCCCCCCCC/C=C\CCCCCCCCC)COC(=O)CCCCCCCCCCCCC/C=C\CCCCCCCCCC. The lowest BCUT2D eigenvalue weighted by Gasteiger charge is -2.18. The number of unbranched alkanes of at least 4 members (excludes halogenated alkanes) is 45. The number of hydrogen-bond acceptors (Lipinski definition) is 6. The van der Waals surface area contributed by atoms with E-state index in [-0.39, 0.29) is 31.1 Å². The van der Waals surface area contributed by atoms with Gasteiger partial charge < -0.3 is 14.2 Å². The van der Waals surface area contributed by atoms with Crippen molar-refractivity contribution in [2.45, 2.75) is 380 Å². The van der Waals surface area contributed by atoms with Crippen LogP contribution < -0.4 is 0 Å². The largest absolute Gasteiger partial charge is 0.462 e. The minimum absolute atomic E-state index is 0.0737. The summed E-state index contributed by atoms with van der Waals surface area (Å²) < 4.78 is 17.0. The smallest absolute Gasteiger partial charge is 0.306 e. The van der Waals surface area contributed by atoms with Gasteiger partial charge in [0.15, 0.2) is 6.10 Å². The van der Waals surface area contributed by atoms with E-state index in [1.807, 2.05) is 0 Å². The maximum atomic E-state index is 12.9. The molecule has 0 aliphatic carbocycles. The van der Waals surface area contributed by atoms with Gasteiger partial charge in [-0.1, -0.05) is 301 Å². The Hall–Kier alpha value is -2.63. The van der Waals surface area contributed by atoms with Crippen molar-refractivity contribution in [3.05, 3.63) is 48.6 Å². The molecule has 0 aliphatic rings. The minimum Gasteiger partial charge on any atom is -0.462 e. The molecule has 0 N–H and O–H groups in total. The Morgan fingerprint density at radius 1 is 0.256 bits per heavy atom. The number of carbonyl (C=O) groups is 3. The summed E-state index contributed by atoms with van der Waals surface area (Å²) in [5, 5.41) is 0. The van der Waals surface area contributed by atoms with Gasteiger partial charge in [-0.2, -0.15) is 0 Å². The van der Waals surface area contributed by atoms with E-state index in [1.165, 1.54) is 270 Å². The summed E-state index contributed by atoms with van der Waals surface area (Å²) in [5.74, 6) is -0.859. The first-order valence-corrected chi connectivity index (χ1v) is 34.6. The lowest BCUT2D eigenvalue weighted by atomic mass is 10.0. The third-order valence-electron chi connectivity index (χ3n) is 15.5. The second-order valence-electron chi connectivity index (χ2n) is 23.4. The summed E-state index contributed by atoms with van der Waals surface area (Å²) in [7, 11) is 0. The van der Waals surface area contributed by atoms with E-state index in [9.17, 15) is 14.4 Å². The highest BCUT2D eigenvalue weighted by Crippen LogP contribution is 2.17. The van der Waals surface area contributed by atoms with Gasteiger partial charge in [0, 0.05) is 19.3 Å². The molecule has 0 bridgehead atoms. The first-order chi connectivity index (χ1) is 38.5. The van der Waals surface area contributed by atoms with E-state index in [4.69, 9.17) is 14.2 Å². The molecule has 6 heteroatoms. The number of carbonyl (C=O) groups excluding carboxylic acids is 3. The van der Waals surface area contributed by atoms with Crippen LogP contribution in [-0.2, 0) is 28.6 Å². The second kappa shape index (κ2) is 66.9. The molecule has 0 aromatic heterocycles. The summed E-state index contributed by atoms with van der Waals surface area (Å²) in [6, 6.07) is 0. The van der Waals surface area contributed by atoms with Crippen LogP contribution in [-0.4, -0.2) is 37.2 Å². The lowest BCUT2D eigenvalue weighted by Crippen LogP contribution is -2.30. The van der Waals surface area contributed by atoms with Gasteiger partial charge in [0.05, 0.1) is 0 Å². The molecule has 1 unspecified atom stereocenters. The Morgan fingerprint density at radius 2 is 0.462 bits per heavy atom. The van der Waals surface area contributed by atoms with Crippen LogP contribution in [0.5, 0.6) is 0 Å². The fraction of sp³-hybridized carbons (Fsp3) is 0.847. The fourth-order valence-electron chi connectivity index (χ4n) is 10.3. The minimum atomic E-state index is -0.778. The average molecular weight is 1090 g/mol. The summed E-state index contributed by atoms with van der Waals surface area (Å²) in [4.78, 5) is 38.4. The van der Waals surface area contributed by atoms with Gasteiger partial charge in [0.25, 0.3) is 0 Å². The zero-order chi connectivity index (χ0) is 56.4. The summed E-state index contributed by atoms with van der Waals surface area (Å²) in [6.07, 6.45) is 84.1. The van der Waals surface area contributed by atoms with Crippen molar-refractivity contribution in [3.8, 4) is 0 Å². The molecule has 0 aromatic rings. The highest BCUT2D eigenvalue weighted by molar-refractivity contribution is 5.71. The Bertz CT molecular complexity index is 1350. The molecule has 78 heavy (non-hydrogen) atoms. The highest BCUT2D eigenvalue weighted by atomic mass is 16.6. The number of ether oxygens (including phenoxy) is 3. The van der Waals surface area contributed by atoms with Crippen molar-refractivity contribution in [1.82, 2.24) is 0 Å². The van der Waals surface area contributed by atoms with Crippen LogP contribution >= 0.6 is 0 Å². The number of rotatable bonds is 64. The number of esters is 3. The Balaban J connectivity index is 4.33. The second-order valence-corrected chi connectivity index (χ2v) is 23.4. The van der Waals surface area contributed by atoms with Gasteiger partial charge in [-0.25, -0.2) is 0 Å². The molecule has 0 rings (SSSR count). The molecule has 6 nitrogen and oxygen atoms in total. The monoisotopic (exact) mass is 1090 g/mol. The summed E-state index contributed by atoms with van der Waals surface area (Å²) in [5.41, 5.74) is 0. The molecule has 0 amide bonds. The van der Waals surface area contributed by atoms with Crippen molar-refractivity contribution < 1.29 is 28.6 Å². The summed E-state index contributed by atoms with van der Waals surface area (Å²) in [6.45, 7) is 6.67. The molecule has 1 atom stereocenters. The van der Waals surface area contributed by atoms with Crippen LogP contribution in [0.1, 0.15) is 374 Å². The third kappa shape index (κ3) is 64.2. The highest BCUT2D eigenvalue weighted by Gasteiger charge is 2.19. The molecule has 0 aliphatic heterocycles.